The minimum absolute atomic E-state index is 0.704. The van der Waals surface area contributed by atoms with Gasteiger partial charge in [0.1, 0.15) is 5.75 Å². The molecule has 1 aromatic carbocycles. The van der Waals surface area contributed by atoms with Gasteiger partial charge in [0.15, 0.2) is 0 Å². The fourth-order valence-corrected chi connectivity index (χ4v) is 1.93. The Kier molecular flexibility index (Phi) is 5.88. The van der Waals surface area contributed by atoms with Gasteiger partial charge < -0.3 is 10.1 Å². The lowest BCUT2D eigenvalue weighted by molar-refractivity contribution is 0.341. The number of rotatable bonds is 7. The Bertz CT molecular complexity index is 336. The number of anilines is 1. The van der Waals surface area contributed by atoms with Gasteiger partial charge in [0.2, 0.25) is 0 Å². The van der Waals surface area contributed by atoms with Gasteiger partial charge in [-0.05, 0) is 43.9 Å². The van der Waals surface area contributed by atoms with Crippen molar-refractivity contribution in [3.05, 3.63) is 23.8 Å². The zero-order valence-corrected chi connectivity index (χ0v) is 11.5. The molecule has 0 aromatic heterocycles. The Morgan fingerprint density at radius 3 is 2.71 bits per heavy atom. The van der Waals surface area contributed by atoms with Gasteiger partial charge in [-0.3, -0.25) is 0 Å². The number of aryl methyl sites for hydroxylation is 1. The molecule has 1 rings (SSSR count). The highest BCUT2D eigenvalue weighted by Gasteiger charge is 2.05. The lowest BCUT2D eigenvalue weighted by atomic mass is 10.1. The quantitative estimate of drug-likeness (QED) is 0.763. The molecule has 0 saturated heterocycles. The molecule has 0 aliphatic heterocycles. The Morgan fingerprint density at radius 2 is 2.06 bits per heavy atom. The second-order valence-electron chi connectivity index (χ2n) is 4.71. The van der Waals surface area contributed by atoms with Crippen molar-refractivity contribution in [3.8, 4) is 5.75 Å². The molecule has 1 N–H and O–H groups in total. The van der Waals surface area contributed by atoms with Crippen LogP contribution in [0.2, 0.25) is 0 Å². The number of hydrogen-bond acceptors (Lipinski definition) is 2. The van der Waals surface area contributed by atoms with E-state index in [0.717, 1.165) is 18.0 Å². The lowest BCUT2D eigenvalue weighted by Gasteiger charge is -2.16. The molecule has 2 heteroatoms. The molecule has 96 valence electrons. The standard InChI is InChI=1S/C15H25NO/c1-5-7-13(4)11-16-14-9-8-12(3)10-15(14)17-6-2/h8-10,13,16H,5-7,11H2,1-4H3. The third-order valence-electron chi connectivity index (χ3n) is 2.86. The Balaban J connectivity index is 2.62. The van der Waals surface area contributed by atoms with Crippen LogP contribution in [0.15, 0.2) is 18.2 Å². The van der Waals surface area contributed by atoms with Crippen LogP contribution in [0.3, 0.4) is 0 Å². The van der Waals surface area contributed by atoms with E-state index >= 15 is 0 Å². The summed E-state index contributed by atoms with van der Waals surface area (Å²) in [6, 6.07) is 6.32. The van der Waals surface area contributed by atoms with Gasteiger partial charge in [-0.25, -0.2) is 0 Å². The second kappa shape index (κ2) is 7.21. The molecule has 0 heterocycles. The first-order valence-corrected chi connectivity index (χ1v) is 6.64. The second-order valence-corrected chi connectivity index (χ2v) is 4.71. The van der Waals surface area contributed by atoms with E-state index in [2.05, 4.69) is 44.3 Å². The highest BCUT2D eigenvalue weighted by Crippen LogP contribution is 2.26. The van der Waals surface area contributed by atoms with E-state index in [9.17, 15) is 0 Å². The number of hydrogen-bond donors (Lipinski definition) is 1. The first-order valence-electron chi connectivity index (χ1n) is 6.64. The fraction of sp³-hybridized carbons (Fsp3) is 0.600. The monoisotopic (exact) mass is 235 g/mol. The van der Waals surface area contributed by atoms with Crippen LogP contribution in [0.5, 0.6) is 5.75 Å². The van der Waals surface area contributed by atoms with E-state index in [1.807, 2.05) is 6.92 Å². The summed E-state index contributed by atoms with van der Waals surface area (Å²) < 4.78 is 5.65. The lowest BCUT2D eigenvalue weighted by Crippen LogP contribution is -2.12. The van der Waals surface area contributed by atoms with Gasteiger partial charge >= 0.3 is 0 Å². The van der Waals surface area contributed by atoms with Crippen molar-refractivity contribution in [3.63, 3.8) is 0 Å². The van der Waals surface area contributed by atoms with E-state index in [1.54, 1.807) is 0 Å². The first-order chi connectivity index (χ1) is 8.17. The third kappa shape index (κ3) is 4.68. The van der Waals surface area contributed by atoms with Crippen LogP contribution in [0.1, 0.15) is 39.2 Å². The van der Waals surface area contributed by atoms with Crippen LogP contribution in [-0.4, -0.2) is 13.2 Å². The van der Waals surface area contributed by atoms with Crippen molar-refractivity contribution in [1.82, 2.24) is 0 Å². The highest BCUT2D eigenvalue weighted by molar-refractivity contribution is 5.57. The van der Waals surface area contributed by atoms with E-state index in [1.165, 1.54) is 18.4 Å². The molecule has 1 aromatic rings. The summed E-state index contributed by atoms with van der Waals surface area (Å²) in [7, 11) is 0. The molecule has 0 spiro atoms. The largest absolute Gasteiger partial charge is 0.492 e. The number of ether oxygens (including phenoxy) is 1. The molecular weight excluding hydrogens is 210 g/mol. The summed E-state index contributed by atoms with van der Waals surface area (Å²) in [6.45, 7) is 10.3. The highest BCUT2D eigenvalue weighted by atomic mass is 16.5. The average molecular weight is 235 g/mol. The molecule has 2 nitrogen and oxygen atoms in total. The van der Waals surface area contributed by atoms with Gasteiger partial charge in [-0.15, -0.1) is 0 Å². The maximum atomic E-state index is 5.65. The van der Waals surface area contributed by atoms with Crippen molar-refractivity contribution in [1.29, 1.82) is 0 Å². The zero-order valence-electron chi connectivity index (χ0n) is 11.5. The molecule has 0 amide bonds. The van der Waals surface area contributed by atoms with Gasteiger partial charge in [0, 0.05) is 6.54 Å². The summed E-state index contributed by atoms with van der Waals surface area (Å²) in [6.07, 6.45) is 2.51. The summed E-state index contributed by atoms with van der Waals surface area (Å²) in [5.74, 6) is 1.67. The van der Waals surface area contributed by atoms with Gasteiger partial charge in [-0.2, -0.15) is 0 Å². The third-order valence-corrected chi connectivity index (χ3v) is 2.86. The normalized spacial score (nSPS) is 12.2. The summed E-state index contributed by atoms with van der Waals surface area (Å²) in [5, 5.41) is 3.48. The molecule has 0 fully saturated rings. The van der Waals surface area contributed by atoms with Crippen LogP contribution >= 0.6 is 0 Å². The van der Waals surface area contributed by atoms with E-state index in [0.29, 0.717) is 12.5 Å². The molecular formula is C15H25NO. The minimum Gasteiger partial charge on any atom is -0.492 e. The Morgan fingerprint density at radius 1 is 1.29 bits per heavy atom. The molecule has 1 atom stereocenters. The van der Waals surface area contributed by atoms with Crippen molar-refractivity contribution in [2.75, 3.05) is 18.5 Å². The van der Waals surface area contributed by atoms with E-state index < -0.39 is 0 Å². The summed E-state index contributed by atoms with van der Waals surface area (Å²) >= 11 is 0. The maximum absolute atomic E-state index is 5.65. The Hall–Kier alpha value is -1.18. The summed E-state index contributed by atoms with van der Waals surface area (Å²) in [5.41, 5.74) is 2.35. The molecule has 17 heavy (non-hydrogen) atoms. The van der Waals surface area contributed by atoms with Gasteiger partial charge in [0.25, 0.3) is 0 Å². The van der Waals surface area contributed by atoms with Crippen LogP contribution in [0, 0.1) is 12.8 Å². The summed E-state index contributed by atoms with van der Waals surface area (Å²) in [4.78, 5) is 0. The van der Waals surface area contributed by atoms with Gasteiger partial charge in [-0.1, -0.05) is 26.3 Å². The van der Waals surface area contributed by atoms with Crippen LogP contribution in [-0.2, 0) is 0 Å². The van der Waals surface area contributed by atoms with E-state index in [4.69, 9.17) is 4.74 Å². The average Bonchev–Trinajstić information content (AvgIpc) is 2.29. The predicted octanol–water partition coefficient (Wildman–Crippen LogP) is 4.24. The zero-order chi connectivity index (χ0) is 12.7. The van der Waals surface area contributed by atoms with Crippen LogP contribution in [0.25, 0.3) is 0 Å². The first kappa shape index (κ1) is 13.9. The fourth-order valence-electron chi connectivity index (χ4n) is 1.93. The maximum Gasteiger partial charge on any atom is 0.142 e. The van der Waals surface area contributed by atoms with Crippen molar-refractivity contribution in [2.24, 2.45) is 5.92 Å². The van der Waals surface area contributed by atoms with Crippen molar-refractivity contribution in [2.45, 2.75) is 40.5 Å². The molecule has 1 unspecified atom stereocenters. The van der Waals surface area contributed by atoms with E-state index in [-0.39, 0.29) is 0 Å². The van der Waals surface area contributed by atoms with Crippen LogP contribution < -0.4 is 10.1 Å². The minimum atomic E-state index is 0.704. The van der Waals surface area contributed by atoms with Crippen molar-refractivity contribution < 1.29 is 4.74 Å². The topological polar surface area (TPSA) is 21.3 Å². The number of nitrogens with one attached hydrogen (secondary N) is 1. The Labute approximate surface area is 105 Å². The van der Waals surface area contributed by atoms with Crippen molar-refractivity contribution >= 4 is 5.69 Å². The predicted molar refractivity (Wildman–Crippen MR) is 74.9 cm³/mol. The SMILES string of the molecule is CCCC(C)CNc1ccc(C)cc1OCC. The van der Waals surface area contributed by atoms with Gasteiger partial charge in [0.05, 0.1) is 12.3 Å². The number of benzene rings is 1. The molecule has 0 aliphatic carbocycles. The molecule has 0 radical (unpaired) electrons. The van der Waals surface area contributed by atoms with Crippen LogP contribution in [0.4, 0.5) is 5.69 Å². The molecule has 0 aliphatic rings. The molecule has 0 bridgehead atoms. The molecule has 0 saturated carbocycles. The smallest absolute Gasteiger partial charge is 0.142 e.